The first-order valence-electron chi connectivity index (χ1n) is 3.84. The molecule has 1 aliphatic carbocycles. The number of hydrogen-bond donors (Lipinski definition) is 0. The van der Waals surface area contributed by atoms with Crippen molar-refractivity contribution in [3.63, 3.8) is 0 Å². The molecule has 1 heterocycles. The number of rotatable bonds is 2. The predicted molar refractivity (Wildman–Crippen MR) is 46.1 cm³/mol. The lowest BCUT2D eigenvalue weighted by molar-refractivity contribution is -0.736. The highest BCUT2D eigenvalue weighted by molar-refractivity contribution is 8.00. The summed E-state index contributed by atoms with van der Waals surface area (Å²) in [5, 5.41) is 1.27. The molecule has 2 rings (SSSR count). The molecule has 1 aliphatic rings. The van der Waals surface area contributed by atoms with Crippen LogP contribution in [0.15, 0.2) is 29.4 Å². The van der Waals surface area contributed by atoms with Crippen molar-refractivity contribution >= 4 is 11.8 Å². The highest BCUT2D eigenvalue weighted by Crippen LogP contribution is 2.30. The minimum Gasteiger partial charge on any atom is -0.191 e. The van der Waals surface area contributed by atoms with Crippen LogP contribution in [0.2, 0.25) is 0 Å². The lowest BCUT2D eigenvalue weighted by atomic mass is 10.5. The van der Waals surface area contributed by atoms with Crippen LogP contribution in [0.25, 0.3) is 0 Å². The van der Waals surface area contributed by atoms with Crippen LogP contribution in [0.3, 0.4) is 0 Å². The van der Waals surface area contributed by atoms with E-state index < -0.39 is 0 Å². The second kappa shape index (κ2) is 2.86. The van der Waals surface area contributed by atoms with Gasteiger partial charge < -0.3 is 0 Å². The number of pyridine rings is 1. The van der Waals surface area contributed by atoms with Gasteiger partial charge in [-0.25, -0.2) is 0 Å². The first-order chi connectivity index (χ1) is 5.42. The summed E-state index contributed by atoms with van der Waals surface area (Å²) in [5.74, 6) is 0. The predicted octanol–water partition coefficient (Wildman–Crippen LogP) is 2.19. The van der Waals surface area contributed by atoms with E-state index in [1.54, 1.807) is 11.8 Å². The molecule has 1 aromatic heterocycles. The maximum atomic E-state index is 3.82. The molecule has 0 amide bonds. The van der Waals surface area contributed by atoms with Gasteiger partial charge in [-0.1, -0.05) is 11.8 Å². The van der Waals surface area contributed by atoms with Crippen molar-refractivity contribution in [3.8, 4) is 0 Å². The van der Waals surface area contributed by atoms with Crippen LogP contribution in [-0.4, -0.2) is 0 Å². The SMILES string of the molecule is [CH2]Sc1cccc[n+]1C1CC1. The summed E-state index contributed by atoms with van der Waals surface area (Å²) in [6.07, 6.45) is 8.64. The second-order valence-electron chi connectivity index (χ2n) is 2.82. The minimum atomic E-state index is 0.764. The quantitative estimate of drug-likeness (QED) is 0.480. The van der Waals surface area contributed by atoms with E-state index in [0.29, 0.717) is 0 Å². The fraction of sp³-hybridized carbons (Fsp3) is 0.333. The highest BCUT2D eigenvalue weighted by atomic mass is 32.2. The Kier molecular flexibility index (Phi) is 1.86. The first-order valence-corrected chi connectivity index (χ1v) is 4.82. The molecule has 1 radical (unpaired) electrons. The second-order valence-corrected chi connectivity index (χ2v) is 3.53. The molecule has 2 heteroatoms. The third-order valence-electron chi connectivity index (χ3n) is 1.94. The Balaban J connectivity index is 2.34. The van der Waals surface area contributed by atoms with Gasteiger partial charge in [0.05, 0.1) is 0 Å². The normalized spacial score (nSPS) is 16.8. The Labute approximate surface area is 71.4 Å². The van der Waals surface area contributed by atoms with Gasteiger partial charge >= 0.3 is 0 Å². The largest absolute Gasteiger partial charge is 0.240 e. The minimum absolute atomic E-state index is 0.764. The maximum absolute atomic E-state index is 3.82. The van der Waals surface area contributed by atoms with Crippen molar-refractivity contribution in [2.75, 3.05) is 0 Å². The molecule has 0 unspecified atom stereocenters. The van der Waals surface area contributed by atoms with Crippen molar-refractivity contribution < 1.29 is 4.57 Å². The third-order valence-corrected chi connectivity index (χ3v) is 2.58. The van der Waals surface area contributed by atoms with Gasteiger partial charge in [-0.15, -0.1) is 0 Å². The van der Waals surface area contributed by atoms with Crippen LogP contribution >= 0.6 is 11.8 Å². The topological polar surface area (TPSA) is 3.88 Å². The molecule has 0 bridgehead atoms. The van der Waals surface area contributed by atoms with Gasteiger partial charge in [0.15, 0.2) is 12.2 Å². The maximum Gasteiger partial charge on any atom is 0.240 e. The molecule has 1 aromatic rings. The van der Waals surface area contributed by atoms with E-state index in [2.05, 4.69) is 35.2 Å². The molecule has 1 nitrogen and oxygen atoms in total. The van der Waals surface area contributed by atoms with E-state index in [0.717, 1.165) is 6.04 Å². The van der Waals surface area contributed by atoms with Crippen LogP contribution in [0.4, 0.5) is 0 Å². The van der Waals surface area contributed by atoms with E-state index in [9.17, 15) is 0 Å². The molecule has 0 aromatic carbocycles. The van der Waals surface area contributed by atoms with Crippen LogP contribution in [0.5, 0.6) is 0 Å². The summed E-state index contributed by atoms with van der Waals surface area (Å²) < 4.78 is 2.32. The van der Waals surface area contributed by atoms with Crippen molar-refractivity contribution in [1.82, 2.24) is 0 Å². The van der Waals surface area contributed by atoms with Gasteiger partial charge in [0.1, 0.15) is 0 Å². The Bertz CT molecular complexity index is 255. The van der Waals surface area contributed by atoms with E-state index in [-0.39, 0.29) is 0 Å². The third kappa shape index (κ3) is 1.41. The molecule has 57 valence electrons. The summed E-state index contributed by atoms with van der Waals surface area (Å²) in [7, 11) is 0. The van der Waals surface area contributed by atoms with Crippen LogP contribution in [0.1, 0.15) is 18.9 Å². The fourth-order valence-corrected chi connectivity index (χ4v) is 1.75. The number of hydrogen-bond acceptors (Lipinski definition) is 1. The van der Waals surface area contributed by atoms with Gasteiger partial charge in [0.2, 0.25) is 5.03 Å². The first kappa shape index (κ1) is 7.17. The molecule has 0 spiro atoms. The molecule has 0 saturated heterocycles. The lowest BCUT2D eigenvalue weighted by Crippen LogP contribution is -2.33. The average molecular weight is 165 g/mol. The summed E-state index contributed by atoms with van der Waals surface area (Å²) in [4.78, 5) is 0. The van der Waals surface area contributed by atoms with Crippen LogP contribution in [-0.2, 0) is 0 Å². The Morgan fingerprint density at radius 1 is 1.45 bits per heavy atom. The molecular weight excluding hydrogens is 154 g/mol. The van der Waals surface area contributed by atoms with Gasteiger partial charge in [-0.05, 0) is 6.07 Å². The average Bonchev–Trinajstić information content (AvgIpc) is 2.87. The molecule has 1 saturated carbocycles. The van der Waals surface area contributed by atoms with Gasteiger partial charge in [0, 0.05) is 31.2 Å². The van der Waals surface area contributed by atoms with Crippen LogP contribution < -0.4 is 4.57 Å². The molecule has 0 N–H and O–H groups in total. The van der Waals surface area contributed by atoms with Gasteiger partial charge in [-0.2, -0.15) is 4.57 Å². The van der Waals surface area contributed by atoms with E-state index in [4.69, 9.17) is 0 Å². The number of aromatic nitrogens is 1. The van der Waals surface area contributed by atoms with E-state index >= 15 is 0 Å². The van der Waals surface area contributed by atoms with E-state index in [1.165, 1.54) is 17.9 Å². The molecule has 1 fully saturated rings. The van der Waals surface area contributed by atoms with E-state index in [1.807, 2.05) is 0 Å². The number of nitrogens with zero attached hydrogens (tertiary/aromatic N) is 1. The zero-order valence-electron chi connectivity index (χ0n) is 6.36. The summed E-state index contributed by atoms with van der Waals surface area (Å²) in [6.45, 7) is 0. The van der Waals surface area contributed by atoms with Gasteiger partial charge in [0.25, 0.3) is 0 Å². The smallest absolute Gasteiger partial charge is 0.191 e. The molecule has 11 heavy (non-hydrogen) atoms. The Morgan fingerprint density at radius 2 is 2.27 bits per heavy atom. The van der Waals surface area contributed by atoms with Crippen LogP contribution in [0, 0.1) is 6.26 Å². The summed E-state index contributed by atoms with van der Waals surface area (Å²) in [5.41, 5.74) is 0. The van der Waals surface area contributed by atoms with Crippen molar-refractivity contribution in [3.05, 3.63) is 30.7 Å². The van der Waals surface area contributed by atoms with Crippen molar-refractivity contribution in [2.45, 2.75) is 23.9 Å². The number of thioether (sulfide) groups is 1. The van der Waals surface area contributed by atoms with Crippen molar-refractivity contribution in [2.24, 2.45) is 0 Å². The zero-order chi connectivity index (χ0) is 7.68. The molecular formula is C9H11NS+. The zero-order valence-corrected chi connectivity index (χ0v) is 7.18. The Morgan fingerprint density at radius 3 is 2.91 bits per heavy atom. The lowest BCUT2D eigenvalue weighted by Gasteiger charge is -1.96. The van der Waals surface area contributed by atoms with Gasteiger partial charge in [-0.3, -0.25) is 0 Å². The summed E-state index contributed by atoms with van der Waals surface area (Å²) in [6, 6.07) is 7.03. The highest BCUT2D eigenvalue weighted by Gasteiger charge is 2.33. The van der Waals surface area contributed by atoms with Crippen molar-refractivity contribution in [1.29, 1.82) is 0 Å². The molecule has 0 aliphatic heterocycles. The summed E-state index contributed by atoms with van der Waals surface area (Å²) >= 11 is 1.58. The monoisotopic (exact) mass is 165 g/mol. The molecule has 0 atom stereocenters. The standard InChI is InChI=1S/C9H11NS/c1-11-9-4-2-3-7-10(9)8-5-6-8/h2-4,7-8H,1,5-6H2/q+1. The Hall–Kier alpha value is -0.500. The fourth-order valence-electron chi connectivity index (χ4n) is 1.22.